The number of halogens is 1. The standard InChI is InChI=1S/C35H27FN2O4/c1-21-18-25-29(19-22(21)2)42-32-30(31(25)39)35(38(33(32)40)17-16-23-10-4-3-5-11-23)26-13-7-9-15-28(26)37(34(35)41)20-24-12-6-8-14-27(24)36/h3-15,18-19H,16-17,20H2,1-2H3. The van der Waals surface area contributed by atoms with E-state index in [1.807, 2.05) is 44.2 Å². The summed E-state index contributed by atoms with van der Waals surface area (Å²) in [4.78, 5) is 46.5. The molecule has 2 aliphatic rings. The van der Waals surface area contributed by atoms with Gasteiger partial charge in [-0.2, -0.15) is 0 Å². The predicted molar refractivity (Wildman–Crippen MR) is 158 cm³/mol. The lowest BCUT2D eigenvalue weighted by Gasteiger charge is -2.34. The van der Waals surface area contributed by atoms with Crippen LogP contribution in [0.1, 0.15) is 43.9 Å². The molecule has 0 fully saturated rings. The van der Waals surface area contributed by atoms with Crippen LogP contribution >= 0.6 is 0 Å². The predicted octanol–water partition coefficient (Wildman–Crippen LogP) is 6.04. The Balaban J connectivity index is 1.49. The maximum absolute atomic E-state index is 14.9. The van der Waals surface area contributed by atoms with Gasteiger partial charge in [0.25, 0.3) is 11.8 Å². The largest absolute Gasteiger partial charge is 0.450 e. The van der Waals surface area contributed by atoms with E-state index in [0.717, 1.165) is 16.7 Å². The zero-order valence-corrected chi connectivity index (χ0v) is 23.2. The van der Waals surface area contributed by atoms with Gasteiger partial charge < -0.3 is 14.2 Å². The highest BCUT2D eigenvalue weighted by atomic mass is 19.1. The first-order valence-corrected chi connectivity index (χ1v) is 13.9. The van der Waals surface area contributed by atoms with Crippen molar-refractivity contribution < 1.29 is 18.4 Å². The first-order valence-electron chi connectivity index (χ1n) is 13.9. The summed E-state index contributed by atoms with van der Waals surface area (Å²) in [5.74, 6) is -1.57. The summed E-state index contributed by atoms with van der Waals surface area (Å²) >= 11 is 0. The zero-order chi connectivity index (χ0) is 29.2. The molecule has 5 aromatic rings. The van der Waals surface area contributed by atoms with Crippen LogP contribution in [0.2, 0.25) is 0 Å². The van der Waals surface area contributed by atoms with Crippen LogP contribution < -0.4 is 10.3 Å². The average Bonchev–Trinajstić information content (AvgIpc) is 3.38. The van der Waals surface area contributed by atoms with Gasteiger partial charge in [0, 0.05) is 17.7 Å². The fourth-order valence-corrected chi connectivity index (χ4v) is 6.39. The second-order valence-electron chi connectivity index (χ2n) is 11.0. The number of aryl methyl sites for hydroxylation is 2. The highest BCUT2D eigenvalue weighted by Gasteiger charge is 2.64. The average molecular weight is 559 g/mol. The van der Waals surface area contributed by atoms with Crippen molar-refractivity contribution in [2.75, 3.05) is 11.4 Å². The number of benzene rings is 4. The molecule has 7 heteroatoms. The van der Waals surface area contributed by atoms with E-state index < -0.39 is 28.6 Å². The van der Waals surface area contributed by atoms with Crippen molar-refractivity contribution in [1.82, 2.24) is 4.90 Å². The highest BCUT2D eigenvalue weighted by molar-refractivity contribution is 6.17. The second kappa shape index (κ2) is 9.52. The minimum absolute atomic E-state index is 0.0183. The summed E-state index contributed by atoms with van der Waals surface area (Å²) in [6, 6.07) is 26.6. The SMILES string of the molecule is Cc1cc2oc3c(c(=O)c2cc1C)C1(C(=O)N(Cc2ccccc2F)c2ccccc21)N(CCc1ccccc1)C3=O. The molecule has 0 saturated heterocycles. The van der Waals surface area contributed by atoms with Crippen molar-refractivity contribution in [1.29, 1.82) is 0 Å². The van der Waals surface area contributed by atoms with Crippen LogP contribution in [0.25, 0.3) is 11.0 Å². The first-order chi connectivity index (χ1) is 20.3. The number of carbonyl (C=O) groups excluding carboxylic acids is 2. The third-order valence-electron chi connectivity index (χ3n) is 8.61. The molecule has 1 aromatic heterocycles. The maximum atomic E-state index is 14.9. The van der Waals surface area contributed by atoms with Crippen LogP contribution in [-0.4, -0.2) is 23.3 Å². The number of rotatable bonds is 5. The van der Waals surface area contributed by atoms with E-state index in [1.165, 1.54) is 15.9 Å². The quantitative estimate of drug-likeness (QED) is 0.264. The summed E-state index contributed by atoms with van der Waals surface area (Å²) in [5.41, 5.74) is 2.30. The number of para-hydroxylation sites is 1. The minimum Gasteiger partial charge on any atom is -0.450 e. The number of nitrogens with zero attached hydrogens (tertiary/aromatic N) is 2. The Hall–Kier alpha value is -5.04. The molecule has 208 valence electrons. The molecule has 7 rings (SSSR count). The van der Waals surface area contributed by atoms with Crippen molar-refractivity contribution in [3.63, 3.8) is 0 Å². The van der Waals surface area contributed by atoms with Crippen LogP contribution in [0.3, 0.4) is 0 Å². The van der Waals surface area contributed by atoms with Gasteiger partial charge >= 0.3 is 0 Å². The molecule has 6 nitrogen and oxygen atoms in total. The summed E-state index contributed by atoms with van der Waals surface area (Å²) in [6.07, 6.45) is 0.455. The fourth-order valence-electron chi connectivity index (χ4n) is 6.39. The lowest BCUT2D eigenvalue weighted by Crippen LogP contribution is -2.53. The molecular weight excluding hydrogens is 531 g/mol. The van der Waals surface area contributed by atoms with Crippen molar-refractivity contribution in [2.45, 2.75) is 32.4 Å². The zero-order valence-electron chi connectivity index (χ0n) is 23.2. The number of hydrogen-bond acceptors (Lipinski definition) is 4. The van der Waals surface area contributed by atoms with E-state index in [9.17, 15) is 18.8 Å². The molecule has 2 amide bonds. The Kier molecular flexibility index (Phi) is 5.87. The van der Waals surface area contributed by atoms with Crippen molar-refractivity contribution in [2.24, 2.45) is 0 Å². The molecule has 3 heterocycles. The van der Waals surface area contributed by atoms with Gasteiger partial charge in [0.15, 0.2) is 11.0 Å². The van der Waals surface area contributed by atoms with Gasteiger partial charge in [-0.3, -0.25) is 14.4 Å². The maximum Gasteiger partial charge on any atom is 0.291 e. The molecular formula is C35H27FN2O4. The van der Waals surface area contributed by atoms with Gasteiger partial charge in [-0.05, 0) is 61.2 Å². The van der Waals surface area contributed by atoms with Crippen LogP contribution in [0.5, 0.6) is 0 Å². The lowest BCUT2D eigenvalue weighted by atomic mass is 9.83. The van der Waals surface area contributed by atoms with Crippen LogP contribution in [0.4, 0.5) is 10.1 Å². The van der Waals surface area contributed by atoms with E-state index in [1.54, 1.807) is 54.6 Å². The first kappa shape index (κ1) is 25.9. The summed E-state index contributed by atoms with van der Waals surface area (Å²) in [5, 5.41) is 0.312. The molecule has 0 saturated carbocycles. The van der Waals surface area contributed by atoms with Crippen molar-refractivity contribution in [3.8, 4) is 0 Å². The Bertz CT molecular complexity index is 1980. The van der Waals surface area contributed by atoms with E-state index in [2.05, 4.69) is 0 Å². The number of amides is 2. The van der Waals surface area contributed by atoms with E-state index in [4.69, 9.17) is 4.42 Å². The number of fused-ring (bicyclic) bond motifs is 5. The van der Waals surface area contributed by atoms with Crippen LogP contribution in [0, 0.1) is 19.7 Å². The summed E-state index contributed by atoms with van der Waals surface area (Å²) in [6.45, 7) is 3.92. The molecule has 0 radical (unpaired) electrons. The summed E-state index contributed by atoms with van der Waals surface area (Å²) in [7, 11) is 0. The monoisotopic (exact) mass is 558 g/mol. The Morgan fingerprint density at radius 3 is 2.31 bits per heavy atom. The van der Waals surface area contributed by atoms with Gasteiger partial charge in [0.1, 0.15) is 11.4 Å². The van der Waals surface area contributed by atoms with E-state index in [-0.39, 0.29) is 24.4 Å². The Morgan fingerprint density at radius 2 is 1.52 bits per heavy atom. The van der Waals surface area contributed by atoms with Crippen LogP contribution in [-0.2, 0) is 23.3 Å². The molecule has 1 unspecified atom stereocenters. The Morgan fingerprint density at radius 1 is 0.833 bits per heavy atom. The number of hydrogen-bond donors (Lipinski definition) is 0. The molecule has 1 atom stereocenters. The third kappa shape index (κ3) is 3.59. The molecule has 0 aliphatic carbocycles. The number of carbonyl (C=O) groups is 2. The molecule has 2 aliphatic heterocycles. The normalized spacial score (nSPS) is 17.4. The Labute approximate surface area is 241 Å². The van der Waals surface area contributed by atoms with Crippen LogP contribution in [0.15, 0.2) is 100 Å². The van der Waals surface area contributed by atoms with Gasteiger partial charge in [-0.1, -0.05) is 66.7 Å². The summed E-state index contributed by atoms with van der Waals surface area (Å²) < 4.78 is 21.1. The second-order valence-corrected chi connectivity index (χ2v) is 11.0. The fraction of sp³-hybridized carbons (Fsp3) is 0.171. The smallest absolute Gasteiger partial charge is 0.291 e. The van der Waals surface area contributed by atoms with E-state index >= 15 is 0 Å². The number of anilines is 1. The molecule has 4 aromatic carbocycles. The van der Waals surface area contributed by atoms with Gasteiger partial charge in [-0.15, -0.1) is 0 Å². The van der Waals surface area contributed by atoms with Gasteiger partial charge in [0.05, 0.1) is 23.2 Å². The minimum atomic E-state index is -1.75. The molecule has 0 bridgehead atoms. The lowest BCUT2D eigenvalue weighted by molar-refractivity contribution is -0.126. The van der Waals surface area contributed by atoms with Crippen molar-refractivity contribution in [3.05, 3.63) is 146 Å². The molecule has 1 spiro atoms. The highest BCUT2D eigenvalue weighted by Crippen LogP contribution is 2.53. The topological polar surface area (TPSA) is 70.8 Å². The van der Waals surface area contributed by atoms with Crippen molar-refractivity contribution >= 4 is 28.5 Å². The van der Waals surface area contributed by atoms with E-state index in [0.29, 0.717) is 34.2 Å². The molecule has 42 heavy (non-hydrogen) atoms. The van der Waals surface area contributed by atoms with Gasteiger partial charge in [0.2, 0.25) is 5.76 Å². The third-order valence-corrected chi connectivity index (χ3v) is 8.61. The molecule has 0 N–H and O–H groups in total. The van der Waals surface area contributed by atoms with Gasteiger partial charge in [-0.25, -0.2) is 4.39 Å².